The zero-order chi connectivity index (χ0) is 13.5. The van der Waals surface area contributed by atoms with Gasteiger partial charge < -0.3 is 5.32 Å². The molecule has 0 fully saturated rings. The van der Waals surface area contributed by atoms with E-state index in [9.17, 15) is 0 Å². The molecule has 2 aromatic rings. The fourth-order valence-electron chi connectivity index (χ4n) is 2.28. The van der Waals surface area contributed by atoms with Gasteiger partial charge in [0.05, 0.1) is 6.54 Å². The molecule has 1 aromatic carbocycles. The number of para-hydroxylation sites is 1. The van der Waals surface area contributed by atoms with Crippen LogP contribution in [0.2, 0.25) is 0 Å². The highest BCUT2D eigenvalue weighted by molar-refractivity contribution is 5.51. The Balaban J connectivity index is 2.00. The molecule has 19 heavy (non-hydrogen) atoms. The van der Waals surface area contributed by atoms with Crippen molar-refractivity contribution >= 4 is 5.69 Å². The third-order valence-corrected chi connectivity index (χ3v) is 3.33. The summed E-state index contributed by atoms with van der Waals surface area (Å²) in [6.45, 7) is 6.39. The van der Waals surface area contributed by atoms with Crippen molar-refractivity contribution < 1.29 is 0 Å². The quantitative estimate of drug-likeness (QED) is 0.818. The van der Waals surface area contributed by atoms with Gasteiger partial charge in [0.2, 0.25) is 0 Å². The first kappa shape index (κ1) is 13.7. The molecule has 3 heteroatoms. The number of nitrogens with one attached hydrogen (secondary N) is 1. The third kappa shape index (κ3) is 4.12. The Bertz CT molecular complexity index is 476. The van der Waals surface area contributed by atoms with Crippen LogP contribution in [0.15, 0.2) is 42.7 Å². The van der Waals surface area contributed by atoms with E-state index in [0.717, 1.165) is 13.1 Å². The number of anilines is 1. The minimum atomic E-state index is 0.711. The molecule has 0 radical (unpaired) electrons. The Morgan fingerprint density at radius 2 is 2.11 bits per heavy atom. The van der Waals surface area contributed by atoms with Gasteiger partial charge in [-0.25, -0.2) is 0 Å². The molecule has 0 bridgehead atoms. The lowest BCUT2D eigenvalue weighted by atomic mass is 10.1. The van der Waals surface area contributed by atoms with Crippen LogP contribution in [0.4, 0.5) is 5.69 Å². The summed E-state index contributed by atoms with van der Waals surface area (Å²) in [5.41, 5.74) is 2.51. The van der Waals surface area contributed by atoms with Gasteiger partial charge in [0.15, 0.2) is 0 Å². The van der Waals surface area contributed by atoms with E-state index in [1.165, 1.54) is 24.1 Å². The van der Waals surface area contributed by atoms with Gasteiger partial charge in [-0.05, 0) is 30.0 Å². The molecule has 0 spiro atoms. The molecule has 1 atom stereocenters. The first-order valence-corrected chi connectivity index (χ1v) is 7.08. The minimum Gasteiger partial charge on any atom is -0.385 e. The van der Waals surface area contributed by atoms with Crippen molar-refractivity contribution in [2.45, 2.75) is 33.2 Å². The van der Waals surface area contributed by atoms with Gasteiger partial charge in [0, 0.05) is 24.6 Å². The van der Waals surface area contributed by atoms with E-state index in [0.29, 0.717) is 5.92 Å². The van der Waals surface area contributed by atoms with Crippen molar-refractivity contribution in [3.63, 3.8) is 0 Å². The number of aromatic nitrogens is 2. The van der Waals surface area contributed by atoms with Crippen molar-refractivity contribution in [3.05, 3.63) is 48.3 Å². The van der Waals surface area contributed by atoms with Gasteiger partial charge in [0.25, 0.3) is 0 Å². The number of hydrogen-bond acceptors (Lipinski definition) is 2. The van der Waals surface area contributed by atoms with Crippen LogP contribution in [-0.4, -0.2) is 16.3 Å². The summed E-state index contributed by atoms with van der Waals surface area (Å²) in [4.78, 5) is 0. The third-order valence-electron chi connectivity index (χ3n) is 3.33. The van der Waals surface area contributed by atoms with Crippen LogP contribution in [0.1, 0.15) is 32.3 Å². The molecule has 0 saturated carbocycles. The van der Waals surface area contributed by atoms with Crippen LogP contribution >= 0.6 is 0 Å². The largest absolute Gasteiger partial charge is 0.385 e. The molecule has 1 aromatic heterocycles. The van der Waals surface area contributed by atoms with Gasteiger partial charge >= 0.3 is 0 Å². The van der Waals surface area contributed by atoms with Gasteiger partial charge in [-0.3, -0.25) is 4.68 Å². The molecule has 1 N–H and O–H groups in total. The summed E-state index contributed by atoms with van der Waals surface area (Å²) >= 11 is 0. The van der Waals surface area contributed by atoms with Crippen LogP contribution in [0.5, 0.6) is 0 Å². The fraction of sp³-hybridized carbons (Fsp3) is 0.438. The highest BCUT2D eigenvalue weighted by atomic mass is 15.3. The fourth-order valence-corrected chi connectivity index (χ4v) is 2.28. The number of benzene rings is 1. The molecule has 1 unspecified atom stereocenters. The maximum Gasteiger partial charge on any atom is 0.0679 e. The highest BCUT2D eigenvalue weighted by Gasteiger charge is 2.05. The van der Waals surface area contributed by atoms with Crippen molar-refractivity contribution in [2.24, 2.45) is 5.92 Å². The molecule has 2 rings (SSSR count). The Kier molecular flexibility index (Phi) is 5.01. The average molecular weight is 257 g/mol. The van der Waals surface area contributed by atoms with E-state index < -0.39 is 0 Å². The van der Waals surface area contributed by atoms with Crippen molar-refractivity contribution in [1.29, 1.82) is 0 Å². The standard InChI is InChI=1S/C16H23N3/c1-3-7-14(2)12-17-16-9-5-4-8-15(16)13-19-11-6-10-18-19/h4-6,8-11,14,17H,3,7,12-13H2,1-2H3. The van der Waals surface area contributed by atoms with Crippen LogP contribution in [-0.2, 0) is 6.54 Å². The predicted octanol–water partition coefficient (Wildman–Crippen LogP) is 3.78. The Labute approximate surface area is 115 Å². The Morgan fingerprint density at radius 1 is 1.26 bits per heavy atom. The van der Waals surface area contributed by atoms with Gasteiger partial charge in [-0.15, -0.1) is 0 Å². The summed E-state index contributed by atoms with van der Waals surface area (Å²) in [6.07, 6.45) is 6.34. The van der Waals surface area contributed by atoms with Crippen LogP contribution in [0.3, 0.4) is 0 Å². The molecular weight excluding hydrogens is 234 g/mol. The zero-order valence-corrected chi connectivity index (χ0v) is 11.8. The van der Waals surface area contributed by atoms with Crippen LogP contribution in [0, 0.1) is 5.92 Å². The van der Waals surface area contributed by atoms with E-state index in [1.54, 1.807) is 0 Å². The lowest BCUT2D eigenvalue weighted by Crippen LogP contribution is -2.13. The first-order chi connectivity index (χ1) is 9.29. The first-order valence-electron chi connectivity index (χ1n) is 7.08. The summed E-state index contributed by atoms with van der Waals surface area (Å²) in [6, 6.07) is 10.4. The maximum atomic E-state index is 4.27. The number of rotatable bonds is 7. The zero-order valence-electron chi connectivity index (χ0n) is 11.8. The van der Waals surface area contributed by atoms with Gasteiger partial charge in [0.1, 0.15) is 0 Å². The molecule has 0 aliphatic heterocycles. The van der Waals surface area contributed by atoms with Gasteiger partial charge in [-0.1, -0.05) is 38.5 Å². The second-order valence-corrected chi connectivity index (χ2v) is 5.14. The molecule has 1 heterocycles. The molecular formula is C16H23N3. The summed E-state index contributed by atoms with van der Waals surface area (Å²) < 4.78 is 1.95. The number of hydrogen-bond donors (Lipinski definition) is 1. The van der Waals surface area contributed by atoms with Gasteiger partial charge in [-0.2, -0.15) is 5.10 Å². The number of nitrogens with zero attached hydrogens (tertiary/aromatic N) is 2. The average Bonchev–Trinajstić information content (AvgIpc) is 2.91. The van der Waals surface area contributed by atoms with Crippen molar-refractivity contribution in [2.75, 3.05) is 11.9 Å². The van der Waals surface area contributed by atoms with E-state index in [-0.39, 0.29) is 0 Å². The van der Waals surface area contributed by atoms with E-state index in [1.807, 2.05) is 23.1 Å². The summed E-state index contributed by atoms with van der Waals surface area (Å²) in [7, 11) is 0. The summed E-state index contributed by atoms with van der Waals surface area (Å²) in [5.74, 6) is 0.711. The second-order valence-electron chi connectivity index (χ2n) is 5.14. The van der Waals surface area contributed by atoms with Crippen molar-refractivity contribution in [1.82, 2.24) is 9.78 Å². The monoisotopic (exact) mass is 257 g/mol. The molecule has 0 amide bonds. The second kappa shape index (κ2) is 6.98. The molecule has 0 aliphatic rings. The van der Waals surface area contributed by atoms with E-state index >= 15 is 0 Å². The Hall–Kier alpha value is -1.77. The molecule has 102 valence electrons. The molecule has 0 aliphatic carbocycles. The van der Waals surface area contributed by atoms with Crippen LogP contribution < -0.4 is 5.32 Å². The minimum absolute atomic E-state index is 0.711. The van der Waals surface area contributed by atoms with Crippen molar-refractivity contribution in [3.8, 4) is 0 Å². The molecule has 3 nitrogen and oxygen atoms in total. The summed E-state index contributed by atoms with van der Waals surface area (Å²) in [5, 5.41) is 7.84. The predicted molar refractivity (Wildman–Crippen MR) is 80.3 cm³/mol. The van der Waals surface area contributed by atoms with E-state index in [4.69, 9.17) is 0 Å². The maximum absolute atomic E-state index is 4.27. The SMILES string of the molecule is CCCC(C)CNc1ccccc1Cn1cccn1. The Morgan fingerprint density at radius 3 is 2.84 bits per heavy atom. The lowest BCUT2D eigenvalue weighted by Gasteiger charge is -2.15. The lowest BCUT2D eigenvalue weighted by molar-refractivity contribution is 0.550. The topological polar surface area (TPSA) is 29.9 Å². The van der Waals surface area contributed by atoms with E-state index in [2.05, 4.69) is 48.5 Å². The smallest absolute Gasteiger partial charge is 0.0679 e. The van der Waals surface area contributed by atoms with Crippen LogP contribution in [0.25, 0.3) is 0 Å². The molecule has 0 saturated heterocycles. The normalized spacial score (nSPS) is 12.3. The highest BCUT2D eigenvalue weighted by Crippen LogP contribution is 2.17.